The van der Waals surface area contributed by atoms with E-state index in [1.807, 2.05) is 0 Å². The number of pyridine rings is 1. The first-order chi connectivity index (χ1) is 9.93. The molecule has 2 heterocycles. The molecule has 1 aromatic heterocycles. The Kier molecular flexibility index (Phi) is 4.70. The van der Waals surface area contributed by atoms with Crippen molar-refractivity contribution < 1.29 is 9.53 Å². The minimum atomic E-state index is -0.381. The lowest BCUT2D eigenvalue weighted by Gasteiger charge is -2.24. The van der Waals surface area contributed by atoms with Gasteiger partial charge in [0.25, 0.3) is 0 Å². The van der Waals surface area contributed by atoms with Crippen molar-refractivity contribution in [1.29, 1.82) is 0 Å². The van der Waals surface area contributed by atoms with Crippen molar-refractivity contribution in [3.05, 3.63) is 17.8 Å². The van der Waals surface area contributed by atoms with Crippen LogP contribution >= 0.6 is 0 Å². The number of ether oxygens (including phenoxy) is 1. The third kappa shape index (κ3) is 3.86. The van der Waals surface area contributed by atoms with Crippen molar-refractivity contribution in [2.45, 2.75) is 40.0 Å². The number of anilines is 2. The number of rotatable bonds is 3. The highest BCUT2D eigenvalue weighted by Gasteiger charge is 2.24. The Bertz CT molecular complexity index is 514. The van der Waals surface area contributed by atoms with Crippen molar-refractivity contribution in [3.63, 3.8) is 0 Å². The molecular weight excluding hydrogens is 266 g/mol. The molecular formula is C16H25N3O2. The molecule has 116 valence electrons. The van der Waals surface area contributed by atoms with Crippen LogP contribution in [0.2, 0.25) is 0 Å². The van der Waals surface area contributed by atoms with E-state index in [0.29, 0.717) is 23.3 Å². The predicted octanol–water partition coefficient (Wildman–Crippen LogP) is 2.86. The van der Waals surface area contributed by atoms with Crippen molar-refractivity contribution in [1.82, 2.24) is 4.98 Å². The number of aromatic nitrogens is 1. The molecule has 1 fully saturated rings. The second-order valence-electron chi connectivity index (χ2n) is 6.36. The Morgan fingerprint density at radius 3 is 2.90 bits per heavy atom. The maximum absolute atomic E-state index is 11.9. The quantitative estimate of drug-likeness (QED) is 0.867. The number of hydrogen-bond donors (Lipinski definition) is 1. The Labute approximate surface area is 126 Å². The number of carbonyl (C=O) groups excluding carboxylic acids is 1. The molecule has 0 radical (unpaired) electrons. The smallest absolute Gasteiger partial charge is 0.340 e. The van der Waals surface area contributed by atoms with Gasteiger partial charge in [0.2, 0.25) is 0 Å². The van der Waals surface area contributed by atoms with E-state index >= 15 is 0 Å². The molecule has 2 rings (SSSR count). The maximum Gasteiger partial charge on any atom is 0.340 e. The van der Waals surface area contributed by atoms with Gasteiger partial charge in [-0.3, -0.25) is 0 Å². The normalized spacial score (nSPS) is 18.1. The number of nitrogens with two attached hydrogens (primary N) is 1. The molecule has 2 N–H and O–H groups in total. The van der Waals surface area contributed by atoms with Crippen LogP contribution in [0.3, 0.4) is 0 Å². The van der Waals surface area contributed by atoms with Crippen LogP contribution in [0.1, 0.15) is 50.4 Å². The third-order valence-electron chi connectivity index (χ3n) is 4.08. The fourth-order valence-corrected chi connectivity index (χ4v) is 2.67. The van der Waals surface area contributed by atoms with Crippen LogP contribution < -0.4 is 10.6 Å². The molecule has 0 aliphatic carbocycles. The van der Waals surface area contributed by atoms with Crippen LogP contribution in [0.4, 0.5) is 11.5 Å². The monoisotopic (exact) mass is 291 g/mol. The molecule has 21 heavy (non-hydrogen) atoms. The summed E-state index contributed by atoms with van der Waals surface area (Å²) >= 11 is 0. The van der Waals surface area contributed by atoms with Gasteiger partial charge in [-0.15, -0.1) is 0 Å². The Morgan fingerprint density at radius 2 is 2.19 bits per heavy atom. The van der Waals surface area contributed by atoms with Gasteiger partial charge in [0.05, 0.1) is 24.1 Å². The second kappa shape index (κ2) is 6.33. The molecule has 0 amide bonds. The van der Waals surface area contributed by atoms with Gasteiger partial charge in [0, 0.05) is 13.1 Å². The number of hydrogen-bond acceptors (Lipinski definition) is 5. The van der Waals surface area contributed by atoms with E-state index < -0.39 is 0 Å². The summed E-state index contributed by atoms with van der Waals surface area (Å²) in [4.78, 5) is 18.5. The van der Waals surface area contributed by atoms with Crippen LogP contribution in [0.5, 0.6) is 0 Å². The Hall–Kier alpha value is -1.78. The summed E-state index contributed by atoms with van der Waals surface area (Å²) in [7, 11) is 0. The highest BCUT2D eigenvalue weighted by atomic mass is 16.5. The van der Waals surface area contributed by atoms with Gasteiger partial charge in [0.15, 0.2) is 0 Å². The molecule has 1 aliphatic heterocycles. The van der Waals surface area contributed by atoms with Gasteiger partial charge >= 0.3 is 5.97 Å². The predicted molar refractivity (Wildman–Crippen MR) is 84.5 cm³/mol. The van der Waals surface area contributed by atoms with Crippen LogP contribution in [-0.4, -0.2) is 30.6 Å². The average Bonchev–Trinajstić information content (AvgIpc) is 2.60. The van der Waals surface area contributed by atoms with Gasteiger partial charge < -0.3 is 15.4 Å². The summed E-state index contributed by atoms with van der Waals surface area (Å²) in [5.41, 5.74) is 6.99. The first-order valence-electron chi connectivity index (χ1n) is 7.60. The van der Waals surface area contributed by atoms with E-state index in [1.165, 1.54) is 6.42 Å². The SMILES string of the molecule is CCOC(=O)c1cc(N2CCCC(C)(C)CC2)ncc1N. The molecule has 5 heteroatoms. The van der Waals surface area contributed by atoms with Crippen LogP contribution in [0, 0.1) is 5.41 Å². The largest absolute Gasteiger partial charge is 0.462 e. The van der Waals surface area contributed by atoms with E-state index in [-0.39, 0.29) is 5.97 Å². The van der Waals surface area contributed by atoms with Gasteiger partial charge in [0.1, 0.15) is 5.82 Å². The highest BCUT2D eigenvalue weighted by Crippen LogP contribution is 2.31. The summed E-state index contributed by atoms with van der Waals surface area (Å²) in [6.07, 6.45) is 5.02. The molecule has 0 bridgehead atoms. The second-order valence-corrected chi connectivity index (χ2v) is 6.36. The van der Waals surface area contributed by atoms with Gasteiger partial charge in [-0.05, 0) is 37.7 Å². The number of esters is 1. The minimum Gasteiger partial charge on any atom is -0.462 e. The lowest BCUT2D eigenvalue weighted by atomic mass is 9.85. The number of nitrogens with zero attached hydrogens (tertiary/aromatic N) is 2. The third-order valence-corrected chi connectivity index (χ3v) is 4.08. The lowest BCUT2D eigenvalue weighted by Crippen LogP contribution is -2.26. The highest BCUT2D eigenvalue weighted by molar-refractivity contribution is 5.95. The zero-order valence-corrected chi connectivity index (χ0v) is 13.2. The minimum absolute atomic E-state index is 0.341. The van der Waals surface area contributed by atoms with Crippen molar-refractivity contribution in [3.8, 4) is 0 Å². The summed E-state index contributed by atoms with van der Waals surface area (Å²) in [6.45, 7) is 8.64. The van der Waals surface area contributed by atoms with Crippen LogP contribution in [0.25, 0.3) is 0 Å². The molecule has 1 saturated heterocycles. The van der Waals surface area contributed by atoms with E-state index in [1.54, 1.807) is 19.2 Å². The van der Waals surface area contributed by atoms with E-state index in [2.05, 4.69) is 23.7 Å². The molecule has 1 aromatic rings. The molecule has 1 aliphatic rings. The first kappa shape index (κ1) is 15.6. The standard InChI is InChI=1S/C16H25N3O2/c1-4-21-15(20)12-10-14(18-11-13(12)17)19-8-5-6-16(2,3)7-9-19/h10-11H,4-9,17H2,1-3H3. The van der Waals surface area contributed by atoms with Crippen LogP contribution in [0.15, 0.2) is 12.3 Å². The molecule has 0 spiro atoms. The molecule has 0 saturated carbocycles. The number of carbonyl (C=O) groups is 1. The summed E-state index contributed by atoms with van der Waals surface area (Å²) < 4.78 is 5.04. The Morgan fingerprint density at radius 1 is 1.43 bits per heavy atom. The summed E-state index contributed by atoms with van der Waals surface area (Å²) in [6, 6.07) is 1.76. The fourth-order valence-electron chi connectivity index (χ4n) is 2.67. The molecule has 0 unspecified atom stereocenters. The van der Waals surface area contributed by atoms with Crippen molar-refractivity contribution >= 4 is 17.5 Å². The van der Waals surface area contributed by atoms with E-state index in [0.717, 1.165) is 31.7 Å². The molecule has 0 aromatic carbocycles. The zero-order chi connectivity index (χ0) is 15.5. The Balaban J connectivity index is 2.20. The summed E-state index contributed by atoms with van der Waals surface area (Å²) in [5.74, 6) is 0.429. The molecule has 5 nitrogen and oxygen atoms in total. The maximum atomic E-state index is 11.9. The number of nitrogen functional groups attached to an aromatic ring is 1. The van der Waals surface area contributed by atoms with Crippen molar-refractivity contribution in [2.24, 2.45) is 5.41 Å². The molecule has 0 atom stereocenters. The lowest BCUT2D eigenvalue weighted by molar-refractivity contribution is 0.0527. The van der Waals surface area contributed by atoms with Gasteiger partial charge in [-0.1, -0.05) is 13.8 Å². The van der Waals surface area contributed by atoms with E-state index in [9.17, 15) is 4.79 Å². The van der Waals surface area contributed by atoms with E-state index in [4.69, 9.17) is 10.5 Å². The van der Waals surface area contributed by atoms with Crippen molar-refractivity contribution in [2.75, 3.05) is 30.3 Å². The van der Waals surface area contributed by atoms with Gasteiger partial charge in [-0.2, -0.15) is 0 Å². The first-order valence-corrected chi connectivity index (χ1v) is 7.60. The zero-order valence-electron chi connectivity index (χ0n) is 13.2. The topological polar surface area (TPSA) is 68.5 Å². The van der Waals surface area contributed by atoms with Crippen LogP contribution in [-0.2, 0) is 4.74 Å². The fraction of sp³-hybridized carbons (Fsp3) is 0.625. The van der Waals surface area contributed by atoms with Gasteiger partial charge in [-0.25, -0.2) is 9.78 Å². The summed E-state index contributed by atoms with van der Waals surface area (Å²) in [5, 5.41) is 0. The average molecular weight is 291 g/mol.